The van der Waals surface area contributed by atoms with Crippen molar-refractivity contribution in [1.29, 1.82) is 0 Å². The standard InChI is InChI=1S/C14H14N6/c15-11-2-1-9-3-4-20(6-10(9)5-11)14-12-13(17-7-16-12)18-8-19-14/h1-2,5,7-8H,3-4,6,15H2,(H,16,17,18,19). The van der Waals surface area contributed by atoms with Crippen molar-refractivity contribution in [1.82, 2.24) is 19.9 Å². The van der Waals surface area contributed by atoms with Crippen molar-refractivity contribution in [2.45, 2.75) is 13.0 Å². The lowest BCUT2D eigenvalue weighted by atomic mass is 9.99. The second-order valence-electron chi connectivity index (χ2n) is 5.00. The number of nitrogens with two attached hydrogens (primary N) is 1. The Bertz CT molecular complexity index is 778. The number of benzene rings is 1. The van der Waals surface area contributed by atoms with Gasteiger partial charge in [-0.1, -0.05) is 6.07 Å². The van der Waals surface area contributed by atoms with Gasteiger partial charge in [0, 0.05) is 18.8 Å². The monoisotopic (exact) mass is 266 g/mol. The van der Waals surface area contributed by atoms with E-state index in [1.165, 1.54) is 11.1 Å². The molecular formula is C14H14N6. The first-order chi connectivity index (χ1) is 9.81. The fourth-order valence-electron chi connectivity index (χ4n) is 2.75. The van der Waals surface area contributed by atoms with Crippen LogP contribution in [-0.2, 0) is 13.0 Å². The van der Waals surface area contributed by atoms with E-state index in [0.29, 0.717) is 5.65 Å². The molecule has 3 N–H and O–H groups in total. The van der Waals surface area contributed by atoms with Crippen molar-refractivity contribution in [2.24, 2.45) is 0 Å². The zero-order valence-corrected chi connectivity index (χ0v) is 10.9. The topological polar surface area (TPSA) is 83.7 Å². The molecule has 0 atom stereocenters. The third-order valence-electron chi connectivity index (χ3n) is 3.75. The van der Waals surface area contributed by atoms with E-state index in [0.717, 1.165) is 36.5 Å². The van der Waals surface area contributed by atoms with Crippen LogP contribution in [0.2, 0.25) is 0 Å². The van der Waals surface area contributed by atoms with Crippen LogP contribution in [-0.4, -0.2) is 26.5 Å². The third kappa shape index (κ3) is 1.69. The van der Waals surface area contributed by atoms with Gasteiger partial charge in [0.1, 0.15) is 11.8 Å². The number of hydrogen-bond donors (Lipinski definition) is 2. The smallest absolute Gasteiger partial charge is 0.182 e. The van der Waals surface area contributed by atoms with Crippen molar-refractivity contribution in [3.63, 3.8) is 0 Å². The first-order valence-electron chi connectivity index (χ1n) is 6.57. The summed E-state index contributed by atoms with van der Waals surface area (Å²) in [6, 6.07) is 6.13. The second kappa shape index (κ2) is 4.19. The molecular weight excluding hydrogens is 252 g/mol. The molecule has 0 radical (unpaired) electrons. The number of imidazole rings is 1. The molecule has 0 amide bonds. The quantitative estimate of drug-likeness (QED) is 0.652. The molecule has 3 aromatic rings. The number of anilines is 2. The average molecular weight is 266 g/mol. The molecule has 2 aromatic heterocycles. The number of aromatic amines is 1. The van der Waals surface area contributed by atoms with Crippen molar-refractivity contribution < 1.29 is 0 Å². The van der Waals surface area contributed by atoms with Crippen molar-refractivity contribution in [3.05, 3.63) is 42.0 Å². The molecule has 0 saturated heterocycles. The maximum absolute atomic E-state index is 5.88. The zero-order chi connectivity index (χ0) is 13.5. The van der Waals surface area contributed by atoms with E-state index >= 15 is 0 Å². The lowest BCUT2D eigenvalue weighted by Crippen LogP contribution is -2.31. The predicted molar refractivity (Wildman–Crippen MR) is 77.3 cm³/mol. The Balaban J connectivity index is 1.76. The highest BCUT2D eigenvalue weighted by Crippen LogP contribution is 2.27. The molecule has 20 heavy (non-hydrogen) atoms. The number of H-pyrrole nitrogens is 1. The Morgan fingerprint density at radius 2 is 2.10 bits per heavy atom. The van der Waals surface area contributed by atoms with Gasteiger partial charge in [0.15, 0.2) is 11.5 Å². The van der Waals surface area contributed by atoms with Crippen LogP contribution < -0.4 is 10.6 Å². The summed E-state index contributed by atoms with van der Waals surface area (Å²) in [7, 11) is 0. The van der Waals surface area contributed by atoms with Crippen molar-refractivity contribution in [2.75, 3.05) is 17.2 Å². The van der Waals surface area contributed by atoms with Gasteiger partial charge in [-0.2, -0.15) is 0 Å². The molecule has 6 heteroatoms. The van der Waals surface area contributed by atoms with Crippen molar-refractivity contribution in [3.8, 4) is 0 Å². The molecule has 0 unspecified atom stereocenters. The molecule has 0 aliphatic carbocycles. The van der Waals surface area contributed by atoms with E-state index in [1.807, 2.05) is 12.1 Å². The summed E-state index contributed by atoms with van der Waals surface area (Å²) in [4.78, 5) is 18.1. The largest absolute Gasteiger partial charge is 0.399 e. The summed E-state index contributed by atoms with van der Waals surface area (Å²) in [5.74, 6) is 0.903. The van der Waals surface area contributed by atoms with Crippen molar-refractivity contribution >= 4 is 22.7 Å². The number of nitrogen functional groups attached to an aromatic ring is 1. The zero-order valence-electron chi connectivity index (χ0n) is 10.9. The normalized spacial score (nSPS) is 14.5. The van der Waals surface area contributed by atoms with E-state index in [2.05, 4.69) is 30.9 Å². The Labute approximate surface area is 115 Å². The van der Waals surface area contributed by atoms with Gasteiger partial charge in [-0.15, -0.1) is 0 Å². The second-order valence-corrected chi connectivity index (χ2v) is 5.00. The first kappa shape index (κ1) is 11.2. The molecule has 1 aliphatic rings. The fraction of sp³-hybridized carbons (Fsp3) is 0.214. The minimum atomic E-state index is 0.702. The van der Waals surface area contributed by atoms with Gasteiger partial charge < -0.3 is 15.6 Å². The van der Waals surface area contributed by atoms with Gasteiger partial charge >= 0.3 is 0 Å². The summed E-state index contributed by atoms with van der Waals surface area (Å²) in [5, 5.41) is 0. The van der Waals surface area contributed by atoms with Crippen LogP contribution in [0.1, 0.15) is 11.1 Å². The maximum Gasteiger partial charge on any atom is 0.182 e. The van der Waals surface area contributed by atoms with Crippen LogP contribution in [0.25, 0.3) is 11.2 Å². The van der Waals surface area contributed by atoms with E-state index in [1.54, 1.807) is 12.7 Å². The number of rotatable bonds is 1. The molecule has 0 spiro atoms. The van der Waals surface area contributed by atoms with E-state index < -0.39 is 0 Å². The lowest BCUT2D eigenvalue weighted by Gasteiger charge is -2.30. The molecule has 0 bridgehead atoms. The van der Waals surface area contributed by atoms with Crippen LogP contribution in [0.3, 0.4) is 0 Å². The summed E-state index contributed by atoms with van der Waals surface area (Å²) in [6.45, 7) is 1.74. The number of hydrogen-bond acceptors (Lipinski definition) is 5. The van der Waals surface area contributed by atoms with E-state index in [4.69, 9.17) is 5.73 Å². The van der Waals surface area contributed by atoms with Gasteiger partial charge in [0.05, 0.1) is 6.33 Å². The Kier molecular flexibility index (Phi) is 2.35. The van der Waals surface area contributed by atoms with E-state index in [9.17, 15) is 0 Å². The molecule has 6 nitrogen and oxygen atoms in total. The van der Waals surface area contributed by atoms with Crippen LogP contribution in [0.15, 0.2) is 30.9 Å². The van der Waals surface area contributed by atoms with Gasteiger partial charge in [-0.25, -0.2) is 15.0 Å². The summed E-state index contributed by atoms with van der Waals surface area (Å²) in [6.07, 6.45) is 4.21. The Morgan fingerprint density at radius 3 is 3.05 bits per heavy atom. The van der Waals surface area contributed by atoms with Gasteiger partial charge in [-0.3, -0.25) is 0 Å². The number of nitrogens with zero attached hydrogens (tertiary/aromatic N) is 4. The number of aromatic nitrogens is 4. The van der Waals surface area contributed by atoms with Crippen LogP contribution >= 0.6 is 0 Å². The first-order valence-corrected chi connectivity index (χ1v) is 6.57. The Morgan fingerprint density at radius 1 is 1.15 bits per heavy atom. The maximum atomic E-state index is 5.88. The minimum Gasteiger partial charge on any atom is -0.399 e. The number of fused-ring (bicyclic) bond motifs is 2. The molecule has 4 rings (SSSR count). The lowest BCUT2D eigenvalue weighted by molar-refractivity contribution is 0.722. The highest BCUT2D eigenvalue weighted by Gasteiger charge is 2.20. The molecule has 3 heterocycles. The minimum absolute atomic E-state index is 0.702. The summed E-state index contributed by atoms with van der Waals surface area (Å²) >= 11 is 0. The molecule has 100 valence electrons. The Hall–Kier alpha value is -2.63. The third-order valence-corrected chi connectivity index (χ3v) is 3.75. The van der Waals surface area contributed by atoms with Gasteiger partial charge in [0.2, 0.25) is 0 Å². The number of nitrogens with one attached hydrogen (secondary N) is 1. The fourth-order valence-corrected chi connectivity index (χ4v) is 2.75. The SMILES string of the molecule is Nc1ccc2c(c1)CN(c1ncnc3nc[nH]c13)CC2. The predicted octanol–water partition coefficient (Wildman–Crippen LogP) is 1.50. The highest BCUT2D eigenvalue weighted by atomic mass is 15.2. The molecule has 0 fully saturated rings. The van der Waals surface area contributed by atoms with Crippen LogP contribution in [0, 0.1) is 0 Å². The summed E-state index contributed by atoms with van der Waals surface area (Å²) in [5.41, 5.74) is 10.9. The average Bonchev–Trinajstić information content (AvgIpc) is 2.94. The molecule has 1 aliphatic heterocycles. The van der Waals surface area contributed by atoms with E-state index in [-0.39, 0.29) is 0 Å². The van der Waals surface area contributed by atoms with Crippen LogP contribution in [0.4, 0.5) is 11.5 Å². The van der Waals surface area contributed by atoms with Crippen LogP contribution in [0.5, 0.6) is 0 Å². The highest BCUT2D eigenvalue weighted by molar-refractivity contribution is 5.82. The van der Waals surface area contributed by atoms with Gasteiger partial charge in [-0.05, 0) is 29.7 Å². The summed E-state index contributed by atoms with van der Waals surface area (Å²) < 4.78 is 0. The molecule has 0 saturated carbocycles. The van der Waals surface area contributed by atoms with Gasteiger partial charge in [0.25, 0.3) is 0 Å². The molecule has 1 aromatic carbocycles.